The fourth-order valence-corrected chi connectivity index (χ4v) is 2.50. The zero-order valence-electron chi connectivity index (χ0n) is 10.2. The second-order valence-electron chi connectivity index (χ2n) is 4.23. The summed E-state index contributed by atoms with van der Waals surface area (Å²) in [5.41, 5.74) is 0.401. The molecule has 2 aromatic carbocycles. The Morgan fingerprint density at radius 3 is 2.24 bits per heavy atom. The van der Waals surface area contributed by atoms with Gasteiger partial charge in [-0.25, -0.2) is 23.1 Å². The van der Waals surface area contributed by atoms with Crippen molar-refractivity contribution in [1.29, 1.82) is 0 Å². The first-order valence-electron chi connectivity index (χ1n) is 5.74. The number of halogens is 5. The molecule has 7 heteroatoms. The molecule has 1 aromatic heterocycles. The lowest BCUT2D eigenvalue weighted by molar-refractivity contribution is 0.447. The van der Waals surface area contributed by atoms with E-state index in [2.05, 4.69) is 9.97 Å². The number of aromatic nitrogens is 2. The minimum absolute atomic E-state index is 0.0184. The second-order valence-corrected chi connectivity index (χ2v) is 4.99. The highest BCUT2D eigenvalue weighted by molar-refractivity contribution is 6.41. The standard InChI is InChI=1S/C14H5Cl2F3N2/c15-7-2-1-3-10-11(7)13(16)21-14(20-10)6-4-8(17)12(19)9(18)5-6/h1-5H. The van der Waals surface area contributed by atoms with Gasteiger partial charge in [0.1, 0.15) is 5.15 Å². The maximum atomic E-state index is 13.3. The van der Waals surface area contributed by atoms with E-state index in [0.717, 1.165) is 12.1 Å². The predicted molar refractivity (Wildman–Crippen MR) is 74.9 cm³/mol. The Morgan fingerprint density at radius 1 is 0.905 bits per heavy atom. The highest BCUT2D eigenvalue weighted by atomic mass is 35.5. The lowest BCUT2D eigenvalue weighted by Gasteiger charge is -2.06. The molecule has 0 N–H and O–H groups in total. The zero-order valence-corrected chi connectivity index (χ0v) is 11.7. The Morgan fingerprint density at radius 2 is 1.57 bits per heavy atom. The van der Waals surface area contributed by atoms with Crippen LogP contribution >= 0.6 is 23.2 Å². The number of hydrogen-bond acceptors (Lipinski definition) is 2. The largest absolute Gasteiger partial charge is 0.228 e. The van der Waals surface area contributed by atoms with Crippen molar-refractivity contribution >= 4 is 34.1 Å². The molecule has 0 aliphatic carbocycles. The van der Waals surface area contributed by atoms with Crippen LogP contribution in [-0.2, 0) is 0 Å². The normalized spacial score (nSPS) is 11.1. The van der Waals surface area contributed by atoms with E-state index in [1.165, 1.54) is 0 Å². The number of fused-ring (bicyclic) bond motifs is 1. The highest BCUT2D eigenvalue weighted by Gasteiger charge is 2.15. The van der Waals surface area contributed by atoms with E-state index in [4.69, 9.17) is 23.2 Å². The van der Waals surface area contributed by atoms with Crippen LogP contribution in [-0.4, -0.2) is 9.97 Å². The van der Waals surface area contributed by atoms with Gasteiger partial charge in [-0.2, -0.15) is 0 Å². The van der Waals surface area contributed by atoms with Crippen molar-refractivity contribution in [2.45, 2.75) is 0 Å². The highest BCUT2D eigenvalue weighted by Crippen LogP contribution is 2.30. The molecule has 0 unspecified atom stereocenters. The van der Waals surface area contributed by atoms with Crippen LogP contribution in [0.1, 0.15) is 0 Å². The van der Waals surface area contributed by atoms with Crippen molar-refractivity contribution in [2.75, 3.05) is 0 Å². The Kier molecular flexibility index (Phi) is 3.47. The van der Waals surface area contributed by atoms with Gasteiger partial charge >= 0.3 is 0 Å². The Bertz CT molecular complexity index is 845. The van der Waals surface area contributed by atoms with Crippen LogP contribution < -0.4 is 0 Å². The van der Waals surface area contributed by atoms with Crippen molar-refractivity contribution in [3.8, 4) is 11.4 Å². The van der Waals surface area contributed by atoms with Gasteiger partial charge in [-0.1, -0.05) is 29.3 Å². The van der Waals surface area contributed by atoms with E-state index >= 15 is 0 Å². The summed E-state index contributed by atoms with van der Waals surface area (Å²) >= 11 is 12.0. The molecule has 2 nitrogen and oxygen atoms in total. The average Bonchev–Trinajstić information content (AvgIpc) is 2.44. The molecular formula is C14H5Cl2F3N2. The molecule has 0 saturated carbocycles. The number of hydrogen-bond donors (Lipinski definition) is 0. The maximum Gasteiger partial charge on any atom is 0.194 e. The van der Waals surface area contributed by atoms with E-state index in [9.17, 15) is 13.2 Å². The van der Waals surface area contributed by atoms with Crippen molar-refractivity contribution in [1.82, 2.24) is 9.97 Å². The molecule has 0 aliphatic heterocycles. The van der Waals surface area contributed by atoms with E-state index in [0.29, 0.717) is 15.9 Å². The van der Waals surface area contributed by atoms with Gasteiger partial charge in [-0.05, 0) is 24.3 Å². The van der Waals surface area contributed by atoms with Crippen LogP contribution in [0.3, 0.4) is 0 Å². The summed E-state index contributed by atoms with van der Waals surface area (Å²) in [6.07, 6.45) is 0. The number of rotatable bonds is 1. The molecular weight excluding hydrogens is 324 g/mol. The smallest absolute Gasteiger partial charge is 0.194 e. The molecule has 1 heterocycles. The lowest BCUT2D eigenvalue weighted by Crippen LogP contribution is -1.96. The summed E-state index contributed by atoms with van der Waals surface area (Å²) in [5.74, 6) is -4.21. The van der Waals surface area contributed by atoms with E-state index in [-0.39, 0.29) is 16.5 Å². The van der Waals surface area contributed by atoms with Gasteiger partial charge in [0.15, 0.2) is 23.3 Å². The number of nitrogens with zero attached hydrogens (tertiary/aromatic N) is 2. The van der Waals surface area contributed by atoms with Crippen LogP contribution in [0.5, 0.6) is 0 Å². The van der Waals surface area contributed by atoms with Crippen LogP contribution in [0, 0.1) is 17.5 Å². The van der Waals surface area contributed by atoms with Gasteiger partial charge in [0, 0.05) is 5.56 Å². The third kappa shape index (κ3) is 2.43. The average molecular weight is 329 g/mol. The molecule has 0 spiro atoms. The molecule has 106 valence electrons. The van der Waals surface area contributed by atoms with Gasteiger partial charge in [0.2, 0.25) is 0 Å². The lowest BCUT2D eigenvalue weighted by atomic mass is 10.1. The molecule has 0 aliphatic rings. The molecule has 3 rings (SSSR count). The van der Waals surface area contributed by atoms with E-state index in [1.54, 1.807) is 18.2 Å². The quantitative estimate of drug-likeness (QED) is 0.463. The molecule has 0 bridgehead atoms. The minimum Gasteiger partial charge on any atom is -0.228 e. The summed E-state index contributed by atoms with van der Waals surface area (Å²) in [6, 6.07) is 6.52. The third-order valence-electron chi connectivity index (χ3n) is 2.87. The van der Waals surface area contributed by atoms with Gasteiger partial charge in [0.25, 0.3) is 0 Å². The first kappa shape index (κ1) is 14.1. The van der Waals surface area contributed by atoms with Gasteiger partial charge in [-0.15, -0.1) is 0 Å². The second kappa shape index (κ2) is 5.16. The molecule has 0 amide bonds. The van der Waals surface area contributed by atoms with Crippen LogP contribution in [0.4, 0.5) is 13.2 Å². The first-order chi connectivity index (χ1) is 9.97. The molecule has 21 heavy (non-hydrogen) atoms. The summed E-state index contributed by atoms with van der Waals surface area (Å²) in [7, 11) is 0. The van der Waals surface area contributed by atoms with Crippen molar-refractivity contribution in [3.05, 3.63) is 58.0 Å². The summed E-state index contributed by atoms with van der Waals surface area (Å²) in [4.78, 5) is 8.10. The molecule has 0 fully saturated rings. The zero-order chi connectivity index (χ0) is 15.1. The van der Waals surface area contributed by atoms with E-state index in [1.807, 2.05) is 0 Å². The van der Waals surface area contributed by atoms with Gasteiger partial charge in [0.05, 0.1) is 15.9 Å². The Balaban J connectivity index is 2.27. The van der Waals surface area contributed by atoms with Crippen molar-refractivity contribution in [2.24, 2.45) is 0 Å². The molecule has 3 aromatic rings. The SMILES string of the molecule is Fc1cc(-c2nc(Cl)c3c(Cl)cccc3n2)cc(F)c1F. The topological polar surface area (TPSA) is 25.8 Å². The Hall–Kier alpha value is -1.85. The van der Waals surface area contributed by atoms with Crippen LogP contribution in [0.25, 0.3) is 22.3 Å². The summed E-state index contributed by atoms with van der Waals surface area (Å²) in [5, 5.41) is 0.846. The molecule has 0 saturated heterocycles. The van der Waals surface area contributed by atoms with Gasteiger partial charge in [-0.3, -0.25) is 0 Å². The summed E-state index contributed by atoms with van der Waals surface area (Å²) in [6.45, 7) is 0. The summed E-state index contributed by atoms with van der Waals surface area (Å²) < 4.78 is 39.5. The number of benzene rings is 2. The Labute approximate surface area is 127 Å². The van der Waals surface area contributed by atoms with Crippen LogP contribution in [0.2, 0.25) is 10.2 Å². The van der Waals surface area contributed by atoms with E-state index < -0.39 is 17.5 Å². The fraction of sp³-hybridized carbons (Fsp3) is 0. The van der Waals surface area contributed by atoms with Crippen LogP contribution in [0.15, 0.2) is 30.3 Å². The minimum atomic E-state index is -1.55. The third-order valence-corrected chi connectivity index (χ3v) is 3.46. The first-order valence-corrected chi connectivity index (χ1v) is 6.49. The van der Waals surface area contributed by atoms with Crippen molar-refractivity contribution < 1.29 is 13.2 Å². The van der Waals surface area contributed by atoms with Crippen molar-refractivity contribution in [3.63, 3.8) is 0 Å². The fourth-order valence-electron chi connectivity index (χ4n) is 1.91. The maximum absolute atomic E-state index is 13.3. The monoisotopic (exact) mass is 328 g/mol. The van der Waals surface area contributed by atoms with Gasteiger partial charge < -0.3 is 0 Å². The predicted octanol–water partition coefficient (Wildman–Crippen LogP) is 5.02. The molecule has 0 radical (unpaired) electrons. The molecule has 0 atom stereocenters.